The minimum Gasteiger partial charge on any atom is -0.303 e. The summed E-state index contributed by atoms with van der Waals surface area (Å²) in [5.41, 5.74) is 7.36. The first-order valence-electron chi connectivity index (χ1n) is 6.00. The van der Waals surface area contributed by atoms with Crippen molar-refractivity contribution in [3.05, 3.63) is 38.7 Å². The van der Waals surface area contributed by atoms with Gasteiger partial charge < -0.3 is 4.79 Å². The van der Waals surface area contributed by atoms with Crippen LogP contribution in [0.5, 0.6) is 0 Å². The van der Waals surface area contributed by atoms with Crippen molar-refractivity contribution in [3.8, 4) is 11.3 Å². The molecule has 0 fully saturated rings. The Morgan fingerprint density at radius 1 is 1.17 bits per heavy atom. The van der Waals surface area contributed by atoms with E-state index in [0.717, 1.165) is 17.0 Å². The fourth-order valence-corrected chi connectivity index (χ4v) is 2.93. The van der Waals surface area contributed by atoms with Crippen molar-refractivity contribution < 1.29 is 4.79 Å². The molecule has 0 aliphatic carbocycles. The van der Waals surface area contributed by atoms with Gasteiger partial charge in [0.1, 0.15) is 11.3 Å². The molecular formula is C15H17NOS. The van der Waals surface area contributed by atoms with Crippen LogP contribution in [0.2, 0.25) is 0 Å². The van der Waals surface area contributed by atoms with Crippen LogP contribution in [0, 0.1) is 27.7 Å². The van der Waals surface area contributed by atoms with Crippen molar-refractivity contribution in [2.75, 3.05) is 0 Å². The monoisotopic (exact) mass is 259 g/mol. The topological polar surface area (TPSA) is 30.0 Å². The molecule has 1 aromatic carbocycles. The zero-order chi connectivity index (χ0) is 13.3. The SMILES string of the molecule is Cc1cc(C)c(C)c(-c2csc(CC=O)n2)c1C. The number of nitrogens with zero attached hydrogens (tertiary/aromatic N) is 1. The first-order valence-corrected chi connectivity index (χ1v) is 6.88. The van der Waals surface area contributed by atoms with Crippen molar-refractivity contribution in [2.45, 2.75) is 34.1 Å². The third-order valence-corrected chi connectivity index (χ3v) is 4.30. The Balaban J connectivity index is 2.58. The molecule has 0 saturated heterocycles. The Morgan fingerprint density at radius 3 is 2.33 bits per heavy atom. The molecule has 0 aliphatic heterocycles. The summed E-state index contributed by atoms with van der Waals surface area (Å²) in [6.45, 7) is 8.53. The number of thiazole rings is 1. The zero-order valence-corrected chi connectivity index (χ0v) is 12.0. The summed E-state index contributed by atoms with van der Waals surface area (Å²) in [6.07, 6.45) is 1.32. The first kappa shape index (κ1) is 13.0. The predicted molar refractivity (Wildman–Crippen MR) is 76.3 cm³/mol. The van der Waals surface area contributed by atoms with E-state index >= 15 is 0 Å². The lowest BCUT2D eigenvalue weighted by Crippen LogP contribution is -1.95. The van der Waals surface area contributed by atoms with Gasteiger partial charge in [0.15, 0.2) is 0 Å². The van der Waals surface area contributed by atoms with Gasteiger partial charge in [-0.1, -0.05) is 6.07 Å². The Bertz CT molecular complexity index is 573. The van der Waals surface area contributed by atoms with Crippen molar-refractivity contribution in [2.24, 2.45) is 0 Å². The number of aromatic nitrogens is 1. The average molecular weight is 259 g/mol. The van der Waals surface area contributed by atoms with E-state index in [-0.39, 0.29) is 0 Å². The van der Waals surface area contributed by atoms with Crippen LogP contribution in [0.15, 0.2) is 11.4 Å². The summed E-state index contributed by atoms with van der Waals surface area (Å²) in [7, 11) is 0. The Hall–Kier alpha value is -1.48. The molecule has 2 nitrogen and oxygen atoms in total. The third-order valence-electron chi connectivity index (χ3n) is 3.43. The molecule has 0 unspecified atom stereocenters. The first-order chi connectivity index (χ1) is 8.54. The lowest BCUT2D eigenvalue weighted by Gasteiger charge is -2.13. The highest BCUT2D eigenvalue weighted by Crippen LogP contribution is 2.32. The number of aldehydes is 1. The van der Waals surface area contributed by atoms with Crippen LogP contribution in [-0.4, -0.2) is 11.3 Å². The second-order valence-electron chi connectivity index (χ2n) is 4.63. The minimum atomic E-state index is 0.410. The van der Waals surface area contributed by atoms with Crippen LogP contribution in [0.4, 0.5) is 0 Å². The van der Waals surface area contributed by atoms with Crippen molar-refractivity contribution in [1.82, 2.24) is 4.98 Å². The van der Waals surface area contributed by atoms with Crippen LogP contribution < -0.4 is 0 Å². The van der Waals surface area contributed by atoms with Gasteiger partial charge in [0.05, 0.1) is 12.1 Å². The lowest BCUT2D eigenvalue weighted by molar-refractivity contribution is -0.107. The Kier molecular flexibility index (Phi) is 3.62. The average Bonchev–Trinajstić information content (AvgIpc) is 2.76. The highest BCUT2D eigenvalue weighted by Gasteiger charge is 2.13. The molecule has 0 radical (unpaired) electrons. The standard InChI is InChI=1S/C15H17NOS/c1-9-7-10(2)12(4)15(11(9)3)13-8-18-14(16-13)5-6-17/h6-8H,5H2,1-4H3. The van der Waals surface area contributed by atoms with Gasteiger partial charge in [-0.3, -0.25) is 0 Å². The maximum Gasteiger partial charge on any atom is 0.126 e. The van der Waals surface area contributed by atoms with E-state index in [0.29, 0.717) is 6.42 Å². The molecule has 2 aromatic rings. The molecule has 94 valence electrons. The maximum absolute atomic E-state index is 10.5. The highest BCUT2D eigenvalue weighted by atomic mass is 32.1. The van der Waals surface area contributed by atoms with Crippen LogP contribution in [0.3, 0.4) is 0 Å². The normalized spacial score (nSPS) is 10.7. The van der Waals surface area contributed by atoms with Gasteiger partial charge in [0.2, 0.25) is 0 Å². The van der Waals surface area contributed by atoms with Crippen LogP contribution >= 0.6 is 11.3 Å². The highest BCUT2D eigenvalue weighted by molar-refractivity contribution is 7.10. The molecule has 0 N–H and O–H groups in total. The van der Waals surface area contributed by atoms with Gasteiger partial charge >= 0.3 is 0 Å². The van der Waals surface area contributed by atoms with Gasteiger partial charge in [-0.15, -0.1) is 11.3 Å². The van der Waals surface area contributed by atoms with E-state index < -0.39 is 0 Å². The smallest absolute Gasteiger partial charge is 0.126 e. The van der Waals surface area contributed by atoms with E-state index in [1.165, 1.54) is 27.8 Å². The molecular weight excluding hydrogens is 242 g/mol. The second kappa shape index (κ2) is 5.02. The number of hydrogen-bond donors (Lipinski definition) is 0. The van der Waals surface area contributed by atoms with E-state index in [2.05, 4.69) is 38.7 Å². The van der Waals surface area contributed by atoms with Crippen LogP contribution in [0.1, 0.15) is 27.3 Å². The third kappa shape index (κ3) is 2.23. The molecule has 0 amide bonds. The largest absolute Gasteiger partial charge is 0.303 e. The number of carbonyl (C=O) groups excluding carboxylic acids is 1. The second-order valence-corrected chi connectivity index (χ2v) is 5.58. The molecule has 18 heavy (non-hydrogen) atoms. The summed E-state index contributed by atoms with van der Waals surface area (Å²) < 4.78 is 0. The fraction of sp³-hybridized carbons (Fsp3) is 0.333. The predicted octanol–water partition coefficient (Wildman–Crippen LogP) is 3.79. The Morgan fingerprint density at radius 2 is 1.78 bits per heavy atom. The van der Waals surface area contributed by atoms with Crippen molar-refractivity contribution in [1.29, 1.82) is 0 Å². The van der Waals surface area contributed by atoms with Gasteiger partial charge in [-0.05, 0) is 49.9 Å². The van der Waals surface area contributed by atoms with E-state index in [4.69, 9.17) is 0 Å². The summed E-state index contributed by atoms with van der Waals surface area (Å²) in [5, 5.41) is 2.94. The summed E-state index contributed by atoms with van der Waals surface area (Å²) in [5.74, 6) is 0. The number of carbonyl (C=O) groups is 1. The lowest BCUT2D eigenvalue weighted by atomic mass is 9.93. The molecule has 3 heteroatoms. The van der Waals surface area contributed by atoms with Gasteiger partial charge in [-0.2, -0.15) is 0 Å². The minimum absolute atomic E-state index is 0.410. The van der Waals surface area contributed by atoms with Gasteiger partial charge in [0.25, 0.3) is 0 Å². The fourth-order valence-electron chi connectivity index (χ4n) is 2.19. The number of benzene rings is 1. The van der Waals surface area contributed by atoms with E-state index in [1.807, 2.05) is 5.38 Å². The van der Waals surface area contributed by atoms with Crippen molar-refractivity contribution >= 4 is 17.6 Å². The Labute approximate surface area is 112 Å². The van der Waals surface area contributed by atoms with Crippen LogP contribution in [-0.2, 0) is 11.2 Å². The number of hydrogen-bond acceptors (Lipinski definition) is 3. The molecule has 0 bridgehead atoms. The molecule has 0 atom stereocenters. The molecule has 0 aliphatic rings. The van der Waals surface area contributed by atoms with Gasteiger partial charge in [-0.25, -0.2) is 4.98 Å². The summed E-state index contributed by atoms with van der Waals surface area (Å²) in [6, 6.07) is 2.22. The summed E-state index contributed by atoms with van der Waals surface area (Å²) in [4.78, 5) is 15.1. The van der Waals surface area contributed by atoms with Gasteiger partial charge in [0, 0.05) is 10.9 Å². The zero-order valence-electron chi connectivity index (χ0n) is 11.2. The van der Waals surface area contributed by atoms with E-state index in [1.54, 1.807) is 11.3 Å². The molecule has 0 saturated carbocycles. The molecule has 1 heterocycles. The number of aryl methyl sites for hydroxylation is 2. The number of rotatable bonds is 3. The summed E-state index contributed by atoms with van der Waals surface area (Å²) >= 11 is 1.56. The van der Waals surface area contributed by atoms with E-state index in [9.17, 15) is 4.79 Å². The molecule has 2 rings (SSSR count). The quantitative estimate of drug-likeness (QED) is 0.785. The van der Waals surface area contributed by atoms with Crippen LogP contribution in [0.25, 0.3) is 11.3 Å². The molecule has 0 spiro atoms. The maximum atomic E-state index is 10.5. The van der Waals surface area contributed by atoms with Crippen molar-refractivity contribution in [3.63, 3.8) is 0 Å². The molecule has 1 aromatic heterocycles.